The van der Waals surface area contributed by atoms with Crippen molar-refractivity contribution in [3.8, 4) is 5.69 Å². The van der Waals surface area contributed by atoms with Crippen molar-refractivity contribution in [3.05, 3.63) is 75.5 Å². The molecule has 0 atom stereocenters. The highest BCUT2D eigenvalue weighted by atomic mass is 16.6. The standard InChI is InChI=1S/C22H21N5O4/c1-3-4-5-15-6-8-16(9-7-15)26-24-18-12-14(2)17(13-19(18)25-26)23-22(28)20-10-11-21(31-20)27(29)30/h6-13H,3-5H2,1-2H3,(H,23,28). The van der Waals surface area contributed by atoms with E-state index in [9.17, 15) is 14.9 Å². The van der Waals surface area contributed by atoms with Crippen molar-refractivity contribution in [2.75, 3.05) is 5.32 Å². The van der Waals surface area contributed by atoms with Gasteiger partial charge in [-0.3, -0.25) is 14.9 Å². The second-order valence-electron chi connectivity index (χ2n) is 7.26. The fourth-order valence-corrected chi connectivity index (χ4v) is 3.23. The van der Waals surface area contributed by atoms with Crippen LogP contribution < -0.4 is 5.32 Å². The Bertz CT molecular complexity index is 1260. The van der Waals surface area contributed by atoms with E-state index in [1.54, 1.807) is 10.9 Å². The average Bonchev–Trinajstić information content (AvgIpc) is 3.40. The van der Waals surface area contributed by atoms with Crippen LogP contribution in [0.3, 0.4) is 0 Å². The molecule has 0 aliphatic heterocycles. The SMILES string of the molecule is CCCCc1ccc(-n2nc3cc(C)c(NC(=O)c4ccc([N+](=O)[O-])o4)cc3n2)cc1. The normalized spacial score (nSPS) is 11.0. The molecular weight excluding hydrogens is 398 g/mol. The van der Waals surface area contributed by atoms with Gasteiger partial charge in [0.2, 0.25) is 0 Å². The number of hydrogen-bond donors (Lipinski definition) is 1. The molecule has 1 N–H and O–H groups in total. The summed E-state index contributed by atoms with van der Waals surface area (Å²) in [5, 5.41) is 22.5. The van der Waals surface area contributed by atoms with Gasteiger partial charge in [-0.25, -0.2) is 0 Å². The average molecular weight is 419 g/mol. The zero-order chi connectivity index (χ0) is 22.0. The summed E-state index contributed by atoms with van der Waals surface area (Å²) in [5.74, 6) is -1.20. The Balaban J connectivity index is 1.57. The summed E-state index contributed by atoms with van der Waals surface area (Å²) in [5.41, 5.74) is 4.74. The molecule has 4 rings (SSSR count). The Morgan fingerprint density at radius 2 is 1.84 bits per heavy atom. The fourth-order valence-electron chi connectivity index (χ4n) is 3.23. The van der Waals surface area contributed by atoms with Gasteiger partial charge in [0.1, 0.15) is 16.0 Å². The molecule has 0 fully saturated rings. The smallest absolute Gasteiger partial charge is 0.395 e. The van der Waals surface area contributed by atoms with Crippen LogP contribution in [-0.4, -0.2) is 25.8 Å². The number of rotatable bonds is 7. The van der Waals surface area contributed by atoms with E-state index in [1.807, 2.05) is 25.1 Å². The molecule has 0 saturated carbocycles. The van der Waals surface area contributed by atoms with E-state index in [0.29, 0.717) is 16.7 Å². The van der Waals surface area contributed by atoms with Crippen LogP contribution in [0.5, 0.6) is 0 Å². The van der Waals surface area contributed by atoms with Crippen molar-refractivity contribution in [1.82, 2.24) is 15.0 Å². The van der Waals surface area contributed by atoms with Gasteiger partial charge < -0.3 is 9.73 Å². The van der Waals surface area contributed by atoms with Crippen molar-refractivity contribution >= 4 is 28.5 Å². The molecule has 4 aromatic rings. The largest absolute Gasteiger partial charge is 0.433 e. The summed E-state index contributed by atoms with van der Waals surface area (Å²) in [6, 6.07) is 14.1. The molecule has 2 aromatic heterocycles. The molecule has 158 valence electrons. The number of aromatic nitrogens is 3. The predicted molar refractivity (Wildman–Crippen MR) is 116 cm³/mol. The first-order valence-corrected chi connectivity index (χ1v) is 9.97. The van der Waals surface area contributed by atoms with Crippen LogP contribution in [0.4, 0.5) is 11.6 Å². The van der Waals surface area contributed by atoms with Crippen molar-refractivity contribution in [3.63, 3.8) is 0 Å². The summed E-state index contributed by atoms with van der Waals surface area (Å²) < 4.78 is 4.96. The van der Waals surface area contributed by atoms with Gasteiger partial charge in [-0.15, -0.1) is 10.2 Å². The number of amides is 1. The molecular formula is C22H21N5O4. The third-order valence-corrected chi connectivity index (χ3v) is 4.96. The van der Waals surface area contributed by atoms with Gasteiger partial charge in [-0.1, -0.05) is 25.5 Å². The lowest BCUT2D eigenvalue weighted by Crippen LogP contribution is -2.11. The van der Waals surface area contributed by atoms with E-state index in [0.717, 1.165) is 36.6 Å². The number of nitrogens with zero attached hydrogens (tertiary/aromatic N) is 4. The van der Waals surface area contributed by atoms with Crippen LogP contribution in [0.2, 0.25) is 0 Å². The van der Waals surface area contributed by atoms with E-state index in [-0.39, 0.29) is 5.76 Å². The van der Waals surface area contributed by atoms with Crippen molar-refractivity contribution in [1.29, 1.82) is 0 Å². The molecule has 2 aromatic carbocycles. The predicted octanol–water partition coefficient (Wildman–Crippen LogP) is 4.83. The quantitative estimate of drug-likeness (QED) is 0.339. The van der Waals surface area contributed by atoms with Crippen LogP contribution in [0.15, 0.2) is 52.9 Å². The van der Waals surface area contributed by atoms with Gasteiger partial charge in [0, 0.05) is 5.69 Å². The van der Waals surface area contributed by atoms with Crippen LogP contribution in [0.1, 0.15) is 41.4 Å². The van der Waals surface area contributed by atoms with E-state index >= 15 is 0 Å². The maximum absolute atomic E-state index is 12.4. The summed E-state index contributed by atoms with van der Waals surface area (Å²) >= 11 is 0. The third kappa shape index (κ3) is 4.30. The number of carbonyl (C=O) groups is 1. The lowest BCUT2D eigenvalue weighted by atomic mass is 10.1. The third-order valence-electron chi connectivity index (χ3n) is 4.96. The highest BCUT2D eigenvalue weighted by Crippen LogP contribution is 2.24. The molecule has 0 aliphatic rings. The van der Waals surface area contributed by atoms with Crippen LogP contribution >= 0.6 is 0 Å². The number of unbranched alkanes of at least 4 members (excludes halogenated alkanes) is 1. The molecule has 0 aliphatic carbocycles. The molecule has 2 heterocycles. The monoisotopic (exact) mass is 419 g/mol. The number of benzene rings is 2. The zero-order valence-electron chi connectivity index (χ0n) is 17.2. The number of nitrogens with one attached hydrogen (secondary N) is 1. The second-order valence-corrected chi connectivity index (χ2v) is 7.26. The van der Waals surface area contributed by atoms with Crippen LogP contribution in [-0.2, 0) is 6.42 Å². The zero-order valence-corrected chi connectivity index (χ0v) is 17.2. The van der Waals surface area contributed by atoms with Gasteiger partial charge in [0.25, 0.3) is 5.91 Å². The molecule has 1 amide bonds. The topological polar surface area (TPSA) is 116 Å². The Hall–Kier alpha value is -4.01. The summed E-state index contributed by atoms with van der Waals surface area (Å²) in [6.45, 7) is 4.01. The Kier molecular flexibility index (Phi) is 5.48. The Morgan fingerprint density at radius 3 is 2.48 bits per heavy atom. The number of fused-ring (bicyclic) bond motifs is 1. The molecule has 0 saturated heterocycles. The minimum Gasteiger partial charge on any atom is -0.395 e. The molecule has 0 spiro atoms. The second kappa shape index (κ2) is 8.39. The molecule has 9 heteroatoms. The first-order valence-electron chi connectivity index (χ1n) is 9.97. The first-order chi connectivity index (χ1) is 14.9. The number of furan rings is 1. The van der Waals surface area contributed by atoms with Gasteiger partial charge in [0.15, 0.2) is 5.76 Å². The van der Waals surface area contributed by atoms with Gasteiger partial charge in [-0.2, -0.15) is 4.80 Å². The maximum Gasteiger partial charge on any atom is 0.433 e. The number of nitro groups is 1. The number of hydrogen-bond acceptors (Lipinski definition) is 6. The molecule has 0 bridgehead atoms. The van der Waals surface area contributed by atoms with Crippen LogP contribution in [0, 0.1) is 17.0 Å². The number of anilines is 1. The summed E-state index contributed by atoms with van der Waals surface area (Å²) in [4.78, 5) is 24.0. The minimum atomic E-state index is -0.692. The highest BCUT2D eigenvalue weighted by molar-refractivity contribution is 6.03. The lowest BCUT2D eigenvalue weighted by molar-refractivity contribution is -0.402. The first kappa shape index (κ1) is 20.3. The van der Waals surface area contributed by atoms with Gasteiger partial charge >= 0.3 is 5.88 Å². The molecule has 0 unspecified atom stereocenters. The van der Waals surface area contributed by atoms with E-state index in [2.05, 4.69) is 34.6 Å². The van der Waals surface area contributed by atoms with Crippen LogP contribution in [0.25, 0.3) is 16.7 Å². The lowest BCUT2D eigenvalue weighted by Gasteiger charge is -2.06. The summed E-state index contributed by atoms with van der Waals surface area (Å²) in [6.07, 6.45) is 3.36. The minimum absolute atomic E-state index is 0.141. The molecule has 31 heavy (non-hydrogen) atoms. The van der Waals surface area contributed by atoms with E-state index in [1.165, 1.54) is 11.6 Å². The van der Waals surface area contributed by atoms with Gasteiger partial charge in [0.05, 0.1) is 11.8 Å². The number of carbonyl (C=O) groups excluding carboxylic acids is 1. The maximum atomic E-state index is 12.4. The van der Waals surface area contributed by atoms with Crippen molar-refractivity contribution in [2.24, 2.45) is 0 Å². The van der Waals surface area contributed by atoms with E-state index < -0.39 is 16.7 Å². The fraction of sp³-hybridized carbons (Fsp3) is 0.227. The number of aryl methyl sites for hydroxylation is 2. The summed E-state index contributed by atoms with van der Waals surface area (Å²) in [7, 11) is 0. The van der Waals surface area contributed by atoms with Gasteiger partial charge in [-0.05, 0) is 61.2 Å². The van der Waals surface area contributed by atoms with Crippen molar-refractivity contribution < 1.29 is 14.1 Å². The highest BCUT2D eigenvalue weighted by Gasteiger charge is 2.18. The van der Waals surface area contributed by atoms with Crippen molar-refractivity contribution in [2.45, 2.75) is 33.1 Å². The molecule has 0 radical (unpaired) electrons. The Morgan fingerprint density at radius 1 is 1.13 bits per heavy atom. The Labute approximate surface area is 177 Å². The molecule has 9 nitrogen and oxygen atoms in total. The van der Waals surface area contributed by atoms with E-state index in [4.69, 9.17) is 4.42 Å².